The van der Waals surface area contributed by atoms with Gasteiger partial charge in [-0.1, -0.05) is 26.2 Å². The first-order valence-electron chi connectivity index (χ1n) is 7.74. The number of nitrogens with one attached hydrogen (secondary N) is 1. The second-order valence-corrected chi connectivity index (χ2v) is 6.15. The fourth-order valence-electron chi connectivity index (χ4n) is 2.84. The molecule has 1 atom stereocenters. The zero-order valence-corrected chi connectivity index (χ0v) is 11.8. The lowest BCUT2D eigenvalue weighted by molar-refractivity contribution is 0.0158. The number of aliphatic hydroxyl groups excluding tert-OH is 1. The van der Waals surface area contributed by atoms with Gasteiger partial charge < -0.3 is 15.2 Å². The highest BCUT2D eigenvalue weighted by Gasteiger charge is 2.44. The van der Waals surface area contributed by atoms with E-state index in [-0.39, 0.29) is 12.1 Å². The number of hydrogen-bond donors (Lipinski definition) is 2. The largest absolute Gasteiger partial charge is 0.394 e. The van der Waals surface area contributed by atoms with E-state index in [0.29, 0.717) is 12.5 Å². The molecule has 1 unspecified atom stereocenters. The molecule has 0 bridgehead atoms. The second-order valence-electron chi connectivity index (χ2n) is 6.15. The molecule has 2 rings (SSSR count). The van der Waals surface area contributed by atoms with Gasteiger partial charge in [0.05, 0.1) is 18.8 Å². The Hall–Kier alpha value is -0.120. The SMILES string of the molecule is CCCNC(CO)(COCCC1CCC1)C1CC1. The molecule has 0 aliphatic heterocycles. The van der Waals surface area contributed by atoms with E-state index >= 15 is 0 Å². The van der Waals surface area contributed by atoms with Crippen molar-refractivity contribution in [1.82, 2.24) is 5.32 Å². The molecule has 3 heteroatoms. The molecule has 2 fully saturated rings. The molecule has 3 nitrogen and oxygen atoms in total. The van der Waals surface area contributed by atoms with Crippen molar-refractivity contribution in [3.8, 4) is 0 Å². The van der Waals surface area contributed by atoms with Gasteiger partial charge in [0, 0.05) is 6.61 Å². The molecular formula is C15H29NO2. The Morgan fingerprint density at radius 3 is 2.56 bits per heavy atom. The standard InChI is InChI=1S/C15H29NO2/c1-2-9-16-15(11-17,14-6-7-14)12-18-10-8-13-4-3-5-13/h13-14,16-17H,2-12H2,1H3. The monoisotopic (exact) mass is 255 g/mol. The van der Waals surface area contributed by atoms with E-state index in [9.17, 15) is 5.11 Å². The first-order chi connectivity index (χ1) is 8.80. The third-order valence-electron chi connectivity index (χ3n) is 4.62. The molecule has 2 aliphatic rings. The van der Waals surface area contributed by atoms with E-state index in [4.69, 9.17) is 4.74 Å². The first-order valence-corrected chi connectivity index (χ1v) is 7.74. The molecule has 0 aromatic rings. The van der Waals surface area contributed by atoms with Crippen LogP contribution in [0, 0.1) is 11.8 Å². The lowest BCUT2D eigenvalue weighted by Gasteiger charge is -2.34. The van der Waals surface area contributed by atoms with Crippen molar-refractivity contribution in [2.75, 3.05) is 26.4 Å². The summed E-state index contributed by atoms with van der Waals surface area (Å²) in [6.45, 7) is 4.90. The Labute approximate surface area is 111 Å². The van der Waals surface area contributed by atoms with Gasteiger partial charge in [0.15, 0.2) is 0 Å². The smallest absolute Gasteiger partial charge is 0.0679 e. The summed E-state index contributed by atoms with van der Waals surface area (Å²) in [6, 6.07) is 0. The summed E-state index contributed by atoms with van der Waals surface area (Å²) in [5.41, 5.74) is -0.157. The Morgan fingerprint density at radius 2 is 2.06 bits per heavy atom. The van der Waals surface area contributed by atoms with Crippen molar-refractivity contribution in [1.29, 1.82) is 0 Å². The van der Waals surface area contributed by atoms with Gasteiger partial charge >= 0.3 is 0 Å². The minimum Gasteiger partial charge on any atom is -0.394 e. The van der Waals surface area contributed by atoms with E-state index in [2.05, 4.69) is 12.2 Å². The van der Waals surface area contributed by atoms with Crippen LogP contribution in [-0.4, -0.2) is 37.0 Å². The minimum absolute atomic E-state index is 0.157. The van der Waals surface area contributed by atoms with Crippen LogP contribution in [0.5, 0.6) is 0 Å². The molecule has 106 valence electrons. The molecule has 0 aromatic carbocycles. The summed E-state index contributed by atoms with van der Waals surface area (Å²) in [5, 5.41) is 13.3. The van der Waals surface area contributed by atoms with Crippen LogP contribution in [0.15, 0.2) is 0 Å². The molecule has 0 amide bonds. The third kappa shape index (κ3) is 3.69. The van der Waals surface area contributed by atoms with Crippen molar-refractivity contribution < 1.29 is 9.84 Å². The van der Waals surface area contributed by atoms with Crippen LogP contribution in [0.25, 0.3) is 0 Å². The van der Waals surface area contributed by atoms with Gasteiger partial charge in [0.25, 0.3) is 0 Å². The fourth-order valence-corrected chi connectivity index (χ4v) is 2.84. The van der Waals surface area contributed by atoms with Gasteiger partial charge in [-0.3, -0.25) is 0 Å². The third-order valence-corrected chi connectivity index (χ3v) is 4.62. The zero-order chi connectivity index (χ0) is 12.8. The fraction of sp³-hybridized carbons (Fsp3) is 1.00. The lowest BCUT2D eigenvalue weighted by atomic mass is 9.83. The van der Waals surface area contributed by atoms with E-state index in [1.54, 1.807) is 0 Å². The molecule has 0 saturated heterocycles. The zero-order valence-electron chi connectivity index (χ0n) is 11.8. The first kappa shape index (κ1) is 14.3. The normalized spacial score (nSPS) is 23.7. The summed E-state index contributed by atoms with van der Waals surface area (Å²) in [6.07, 6.45) is 8.99. The van der Waals surface area contributed by atoms with Crippen LogP contribution >= 0.6 is 0 Å². The maximum absolute atomic E-state index is 9.74. The number of ether oxygens (including phenoxy) is 1. The molecule has 0 heterocycles. The van der Waals surface area contributed by atoms with Crippen molar-refractivity contribution >= 4 is 0 Å². The predicted molar refractivity (Wildman–Crippen MR) is 73.6 cm³/mol. The van der Waals surface area contributed by atoms with E-state index < -0.39 is 0 Å². The van der Waals surface area contributed by atoms with Crippen molar-refractivity contribution in [3.63, 3.8) is 0 Å². The lowest BCUT2D eigenvalue weighted by Crippen LogP contribution is -2.54. The van der Waals surface area contributed by atoms with Crippen LogP contribution in [0.1, 0.15) is 51.9 Å². The minimum atomic E-state index is -0.157. The van der Waals surface area contributed by atoms with E-state index in [1.807, 2.05) is 0 Å². The predicted octanol–water partition coefficient (Wildman–Crippen LogP) is 2.33. The van der Waals surface area contributed by atoms with Gasteiger partial charge in [-0.05, 0) is 44.1 Å². The molecule has 0 aromatic heterocycles. The number of hydrogen-bond acceptors (Lipinski definition) is 3. The highest BCUT2D eigenvalue weighted by atomic mass is 16.5. The Bertz CT molecular complexity index is 239. The topological polar surface area (TPSA) is 41.5 Å². The van der Waals surface area contributed by atoms with Gasteiger partial charge in [0.1, 0.15) is 0 Å². The van der Waals surface area contributed by atoms with Crippen LogP contribution in [0.4, 0.5) is 0 Å². The molecule has 2 aliphatic carbocycles. The molecule has 2 N–H and O–H groups in total. The molecular weight excluding hydrogens is 226 g/mol. The second kappa shape index (κ2) is 6.88. The van der Waals surface area contributed by atoms with Crippen molar-refractivity contribution in [2.24, 2.45) is 11.8 Å². The average Bonchev–Trinajstić information content (AvgIpc) is 3.15. The summed E-state index contributed by atoms with van der Waals surface area (Å²) in [4.78, 5) is 0. The average molecular weight is 255 g/mol. The van der Waals surface area contributed by atoms with Crippen LogP contribution in [0.2, 0.25) is 0 Å². The maximum Gasteiger partial charge on any atom is 0.0679 e. The van der Waals surface area contributed by atoms with Gasteiger partial charge in [-0.2, -0.15) is 0 Å². The molecule has 0 spiro atoms. The van der Waals surface area contributed by atoms with Crippen LogP contribution in [0.3, 0.4) is 0 Å². The summed E-state index contributed by atoms with van der Waals surface area (Å²) in [7, 11) is 0. The van der Waals surface area contributed by atoms with Gasteiger partial charge in [-0.15, -0.1) is 0 Å². The number of aliphatic hydroxyl groups is 1. The van der Waals surface area contributed by atoms with Crippen LogP contribution in [-0.2, 0) is 4.74 Å². The highest BCUT2D eigenvalue weighted by Crippen LogP contribution is 2.40. The maximum atomic E-state index is 9.74. The molecule has 18 heavy (non-hydrogen) atoms. The quantitative estimate of drug-likeness (QED) is 0.589. The summed E-state index contributed by atoms with van der Waals surface area (Å²) in [5.74, 6) is 1.54. The van der Waals surface area contributed by atoms with Crippen molar-refractivity contribution in [2.45, 2.75) is 57.4 Å². The molecule has 2 saturated carbocycles. The van der Waals surface area contributed by atoms with Gasteiger partial charge in [0.2, 0.25) is 0 Å². The van der Waals surface area contributed by atoms with Gasteiger partial charge in [-0.25, -0.2) is 0 Å². The molecule has 0 radical (unpaired) electrons. The highest BCUT2D eigenvalue weighted by molar-refractivity contribution is 5.00. The number of rotatable bonds is 10. The summed E-state index contributed by atoms with van der Waals surface area (Å²) >= 11 is 0. The Morgan fingerprint density at radius 1 is 1.28 bits per heavy atom. The van der Waals surface area contributed by atoms with E-state index in [1.165, 1.54) is 38.5 Å². The summed E-state index contributed by atoms with van der Waals surface area (Å²) < 4.78 is 5.87. The Balaban J connectivity index is 1.69. The van der Waals surface area contributed by atoms with Crippen LogP contribution < -0.4 is 5.32 Å². The Kier molecular flexibility index (Phi) is 5.46. The van der Waals surface area contributed by atoms with E-state index in [0.717, 1.165) is 25.5 Å². The van der Waals surface area contributed by atoms with Crippen molar-refractivity contribution in [3.05, 3.63) is 0 Å².